The SMILES string of the molecule is C[C@@H](c1ccccc1)N(Cc1cccc2c1OCO2)C(=O)CCc1cccnc1. The van der Waals surface area contributed by atoms with Gasteiger partial charge in [-0.3, -0.25) is 9.78 Å². The Morgan fingerprint density at radius 1 is 1.07 bits per heavy atom. The van der Waals surface area contributed by atoms with Crippen LogP contribution in [-0.4, -0.2) is 22.6 Å². The molecule has 0 radical (unpaired) electrons. The number of pyridine rings is 1. The van der Waals surface area contributed by atoms with Gasteiger partial charge in [0.2, 0.25) is 12.7 Å². The minimum Gasteiger partial charge on any atom is -0.454 e. The van der Waals surface area contributed by atoms with E-state index in [1.807, 2.05) is 59.6 Å². The van der Waals surface area contributed by atoms with Gasteiger partial charge in [0.15, 0.2) is 11.5 Å². The maximum atomic E-state index is 13.3. The van der Waals surface area contributed by atoms with E-state index in [1.165, 1.54) is 0 Å². The number of aromatic nitrogens is 1. The Bertz CT molecular complexity index is 960. The van der Waals surface area contributed by atoms with Crippen molar-refractivity contribution < 1.29 is 14.3 Å². The number of amides is 1. The molecule has 29 heavy (non-hydrogen) atoms. The molecule has 1 aliphatic rings. The minimum absolute atomic E-state index is 0.0595. The molecule has 5 heteroatoms. The van der Waals surface area contributed by atoms with Crippen LogP contribution < -0.4 is 9.47 Å². The van der Waals surface area contributed by atoms with Crippen LogP contribution in [0.2, 0.25) is 0 Å². The maximum Gasteiger partial charge on any atom is 0.231 e. The highest BCUT2D eigenvalue weighted by Crippen LogP contribution is 2.37. The van der Waals surface area contributed by atoms with Crippen LogP contribution in [0.25, 0.3) is 0 Å². The van der Waals surface area contributed by atoms with Crippen molar-refractivity contribution in [3.63, 3.8) is 0 Å². The Morgan fingerprint density at radius 3 is 2.72 bits per heavy atom. The maximum absolute atomic E-state index is 13.3. The quantitative estimate of drug-likeness (QED) is 0.597. The molecule has 0 unspecified atom stereocenters. The number of aryl methyl sites for hydroxylation is 1. The summed E-state index contributed by atoms with van der Waals surface area (Å²) in [5, 5.41) is 0. The van der Waals surface area contributed by atoms with E-state index in [0.717, 1.165) is 28.2 Å². The standard InChI is InChI=1S/C24H24N2O3/c1-18(20-8-3-2-4-9-20)26(23(27)13-12-19-7-6-14-25-15-19)16-21-10-5-11-22-24(21)29-17-28-22/h2-11,14-15,18H,12-13,16-17H2,1H3/t18-/m0/s1. The number of hydrogen-bond acceptors (Lipinski definition) is 4. The van der Waals surface area contributed by atoms with E-state index in [1.54, 1.807) is 6.20 Å². The first-order chi connectivity index (χ1) is 14.2. The van der Waals surface area contributed by atoms with Gasteiger partial charge >= 0.3 is 0 Å². The van der Waals surface area contributed by atoms with Gasteiger partial charge in [-0.25, -0.2) is 0 Å². The lowest BCUT2D eigenvalue weighted by Gasteiger charge is -2.30. The lowest BCUT2D eigenvalue weighted by atomic mass is 10.0. The van der Waals surface area contributed by atoms with E-state index in [4.69, 9.17) is 9.47 Å². The van der Waals surface area contributed by atoms with E-state index >= 15 is 0 Å². The fraction of sp³-hybridized carbons (Fsp3) is 0.250. The molecule has 3 aromatic rings. The first-order valence-electron chi connectivity index (χ1n) is 9.83. The summed E-state index contributed by atoms with van der Waals surface area (Å²) in [5.41, 5.74) is 3.12. The predicted octanol–water partition coefficient (Wildman–Crippen LogP) is 4.53. The van der Waals surface area contributed by atoms with Crippen LogP contribution in [0.15, 0.2) is 73.1 Å². The van der Waals surface area contributed by atoms with Crippen molar-refractivity contribution in [3.8, 4) is 11.5 Å². The highest BCUT2D eigenvalue weighted by molar-refractivity contribution is 5.77. The van der Waals surface area contributed by atoms with Crippen molar-refractivity contribution in [2.45, 2.75) is 32.4 Å². The lowest BCUT2D eigenvalue weighted by molar-refractivity contribution is -0.134. The molecule has 1 aromatic heterocycles. The zero-order chi connectivity index (χ0) is 20.1. The van der Waals surface area contributed by atoms with Crippen molar-refractivity contribution in [1.29, 1.82) is 0 Å². The second-order valence-electron chi connectivity index (χ2n) is 7.12. The number of carbonyl (C=O) groups is 1. The van der Waals surface area contributed by atoms with Gasteiger partial charge in [0.05, 0.1) is 12.6 Å². The first kappa shape index (κ1) is 19.0. The minimum atomic E-state index is -0.0595. The summed E-state index contributed by atoms with van der Waals surface area (Å²) in [7, 11) is 0. The largest absolute Gasteiger partial charge is 0.454 e. The Labute approximate surface area is 170 Å². The van der Waals surface area contributed by atoms with Crippen LogP contribution in [0.3, 0.4) is 0 Å². The van der Waals surface area contributed by atoms with Crippen molar-refractivity contribution in [1.82, 2.24) is 9.88 Å². The summed E-state index contributed by atoms with van der Waals surface area (Å²) in [5.74, 6) is 1.57. The molecule has 1 atom stereocenters. The van der Waals surface area contributed by atoms with Crippen LogP contribution in [0.4, 0.5) is 0 Å². The third-order valence-electron chi connectivity index (χ3n) is 5.24. The van der Waals surface area contributed by atoms with Crippen molar-refractivity contribution in [2.75, 3.05) is 6.79 Å². The third kappa shape index (κ3) is 4.40. The zero-order valence-corrected chi connectivity index (χ0v) is 16.5. The molecule has 0 saturated heterocycles. The van der Waals surface area contributed by atoms with E-state index < -0.39 is 0 Å². The molecular weight excluding hydrogens is 364 g/mol. The molecule has 0 fully saturated rings. The topological polar surface area (TPSA) is 51.7 Å². The molecule has 5 nitrogen and oxygen atoms in total. The van der Waals surface area contributed by atoms with E-state index in [9.17, 15) is 4.79 Å². The number of nitrogens with zero attached hydrogens (tertiary/aromatic N) is 2. The van der Waals surface area contributed by atoms with Crippen LogP contribution in [0.5, 0.6) is 11.5 Å². The highest BCUT2D eigenvalue weighted by Gasteiger charge is 2.25. The molecule has 0 saturated carbocycles. The molecule has 1 aliphatic heterocycles. The van der Waals surface area contributed by atoms with Gasteiger partial charge < -0.3 is 14.4 Å². The first-order valence-corrected chi connectivity index (χ1v) is 9.83. The summed E-state index contributed by atoms with van der Waals surface area (Å²) in [4.78, 5) is 19.3. The van der Waals surface area contributed by atoms with Gasteiger partial charge in [-0.2, -0.15) is 0 Å². The smallest absolute Gasteiger partial charge is 0.231 e. The van der Waals surface area contributed by atoms with E-state index in [-0.39, 0.29) is 18.7 Å². The van der Waals surface area contributed by atoms with Gasteiger partial charge in [-0.1, -0.05) is 48.5 Å². The third-order valence-corrected chi connectivity index (χ3v) is 5.24. The molecule has 0 N–H and O–H groups in total. The second-order valence-corrected chi connectivity index (χ2v) is 7.12. The molecule has 0 bridgehead atoms. The molecular formula is C24H24N2O3. The number of rotatable bonds is 7. The number of benzene rings is 2. The predicted molar refractivity (Wildman–Crippen MR) is 111 cm³/mol. The molecule has 0 spiro atoms. The number of ether oxygens (including phenoxy) is 2. The highest BCUT2D eigenvalue weighted by atomic mass is 16.7. The normalized spacial score (nSPS) is 13.1. The lowest BCUT2D eigenvalue weighted by Crippen LogP contribution is -2.33. The van der Waals surface area contributed by atoms with Crippen molar-refractivity contribution in [3.05, 3.63) is 89.7 Å². The Kier molecular flexibility index (Phi) is 5.75. The van der Waals surface area contributed by atoms with Crippen molar-refractivity contribution in [2.24, 2.45) is 0 Å². The molecule has 2 aromatic carbocycles. The van der Waals surface area contributed by atoms with Crippen LogP contribution >= 0.6 is 0 Å². The molecule has 1 amide bonds. The summed E-state index contributed by atoms with van der Waals surface area (Å²) in [6, 6.07) is 19.8. The molecule has 148 valence electrons. The van der Waals surface area contributed by atoms with E-state index in [0.29, 0.717) is 19.4 Å². The number of fused-ring (bicyclic) bond motifs is 1. The van der Waals surface area contributed by atoms with Crippen LogP contribution in [-0.2, 0) is 17.8 Å². The van der Waals surface area contributed by atoms with Gasteiger partial charge in [0, 0.05) is 24.4 Å². The number of hydrogen-bond donors (Lipinski definition) is 0. The monoisotopic (exact) mass is 388 g/mol. The van der Waals surface area contributed by atoms with E-state index in [2.05, 4.69) is 24.0 Å². The number of carbonyl (C=O) groups excluding carboxylic acids is 1. The van der Waals surface area contributed by atoms with Gasteiger partial charge in [-0.05, 0) is 36.6 Å². The molecule has 0 aliphatic carbocycles. The Morgan fingerprint density at radius 2 is 1.93 bits per heavy atom. The number of para-hydroxylation sites is 1. The van der Waals surface area contributed by atoms with Crippen molar-refractivity contribution >= 4 is 5.91 Å². The summed E-state index contributed by atoms with van der Waals surface area (Å²) in [6.45, 7) is 2.75. The summed E-state index contributed by atoms with van der Waals surface area (Å²) in [6.07, 6.45) is 4.65. The average Bonchev–Trinajstić information content (AvgIpc) is 3.26. The van der Waals surface area contributed by atoms with Gasteiger partial charge in [0.25, 0.3) is 0 Å². The van der Waals surface area contributed by atoms with Gasteiger partial charge in [-0.15, -0.1) is 0 Å². The van der Waals surface area contributed by atoms with Crippen LogP contribution in [0, 0.1) is 0 Å². The zero-order valence-electron chi connectivity index (χ0n) is 16.5. The Hall–Kier alpha value is -3.34. The molecule has 2 heterocycles. The summed E-state index contributed by atoms with van der Waals surface area (Å²) < 4.78 is 11.2. The fourth-order valence-corrected chi connectivity index (χ4v) is 3.59. The molecule has 4 rings (SSSR count). The Balaban J connectivity index is 1.57. The average molecular weight is 388 g/mol. The van der Waals surface area contributed by atoms with Crippen LogP contribution in [0.1, 0.15) is 36.1 Å². The van der Waals surface area contributed by atoms with Gasteiger partial charge in [0.1, 0.15) is 0 Å². The summed E-state index contributed by atoms with van der Waals surface area (Å²) >= 11 is 0. The fourth-order valence-electron chi connectivity index (χ4n) is 3.59. The second kappa shape index (κ2) is 8.78.